The molecule has 0 aromatic heterocycles. The summed E-state index contributed by atoms with van der Waals surface area (Å²) < 4.78 is 11.4. The highest BCUT2D eigenvalue weighted by Gasteiger charge is 2.28. The Balaban J connectivity index is 1.70. The van der Waals surface area contributed by atoms with Crippen LogP contribution in [0, 0.1) is 17.0 Å². The van der Waals surface area contributed by atoms with Crippen LogP contribution in [0.1, 0.15) is 37.5 Å². The number of ether oxygens (including phenoxy) is 2. The zero-order valence-electron chi connectivity index (χ0n) is 17.1. The van der Waals surface area contributed by atoms with E-state index in [9.17, 15) is 20.0 Å². The summed E-state index contributed by atoms with van der Waals surface area (Å²) in [4.78, 5) is 22.7. The Morgan fingerprint density at radius 1 is 1.27 bits per heavy atom. The number of rotatable bonds is 4. The first kappa shape index (κ1) is 21.1. The standard InChI is InChI=1S/C21H23N3O6/c1-12-7-15(24(27)28)8-13(19(12)25)10-22-23-20(26)18-11-29-16-6-5-14(21(2,3)4)9-17(16)30-18/h5-10,18,25H,11H2,1-4H3,(H,23,26)/p-1/t18-/m0/s1. The maximum Gasteiger partial charge on any atom is 0.284 e. The van der Waals surface area contributed by atoms with Crippen LogP contribution in [0.25, 0.3) is 0 Å². The number of carbonyl (C=O) groups is 1. The van der Waals surface area contributed by atoms with Crippen LogP contribution in [0.3, 0.4) is 0 Å². The van der Waals surface area contributed by atoms with Crippen LogP contribution >= 0.6 is 0 Å². The van der Waals surface area contributed by atoms with E-state index in [0.29, 0.717) is 11.5 Å². The fourth-order valence-corrected chi connectivity index (χ4v) is 2.89. The zero-order chi connectivity index (χ0) is 22.1. The quantitative estimate of drug-likeness (QED) is 0.467. The summed E-state index contributed by atoms with van der Waals surface area (Å²) >= 11 is 0. The van der Waals surface area contributed by atoms with Gasteiger partial charge in [-0.2, -0.15) is 5.10 Å². The fourth-order valence-electron chi connectivity index (χ4n) is 2.89. The van der Waals surface area contributed by atoms with Crippen molar-refractivity contribution in [1.82, 2.24) is 5.43 Å². The van der Waals surface area contributed by atoms with Crippen molar-refractivity contribution in [2.75, 3.05) is 6.61 Å². The molecule has 0 bridgehead atoms. The minimum Gasteiger partial charge on any atom is -0.872 e. The maximum absolute atomic E-state index is 12.4. The minimum atomic E-state index is -0.927. The lowest BCUT2D eigenvalue weighted by atomic mass is 9.87. The van der Waals surface area contributed by atoms with E-state index >= 15 is 0 Å². The van der Waals surface area contributed by atoms with E-state index in [-0.39, 0.29) is 28.8 Å². The van der Waals surface area contributed by atoms with Gasteiger partial charge in [-0.15, -0.1) is 0 Å². The number of hydrazone groups is 1. The lowest BCUT2D eigenvalue weighted by molar-refractivity contribution is -0.385. The normalized spacial score (nSPS) is 15.8. The monoisotopic (exact) mass is 412 g/mol. The Morgan fingerprint density at radius 3 is 2.67 bits per heavy atom. The van der Waals surface area contributed by atoms with Gasteiger partial charge in [0.2, 0.25) is 6.10 Å². The molecule has 2 aromatic carbocycles. The van der Waals surface area contributed by atoms with Gasteiger partial charge in [0.05, 0.1) is 11.1 Å². The Kier molecular flexibility index (Phi) is 5.64. The summed E-state index contributed by atoms with van der Waals surface area (Å²) in [5, 5.41) is 26.8. The number of nitrogens with one attached hydrogen (secondary N) is 1. The SMILES string of the molecule is Cc1cc([N+](=O)[O-])cc(C=NNC(=O)[C@@H]2COc3ccc(C(C)(C)C)cc3O2)c1[O-]. The zero-order valence-corrected chi connectivity index (χ0v) is 17.1. The third-order valence-corrected chi connectivity index (χ3v) is 4.64. The van der Waals surface area contributed by atoms with Gasteiger partial charge in [0.25, 0.3) is 11.6 Å². The van der Waals surface area contributed by atoms with E-state index in [1.165, 1.54) is 13.0 Å². The number of carbonyl (C=O) groups excluding carboxylic acids is 1. The minimum absolute atomic E-state index is 0.00276. The number of nitro groups is 1. The molecule has 30 heavy (non-hydrogen) atoms. The number of hydrogen-bond acceptors (Lipinski definition) is 7. The van der Waals surface area contributed by atoms with Gasteiger partial charge < -0.3 is 14.6 Å². The molecular formula is C21H22N3O6-. The van der Waals surface area contributed by atoms with E-state index in [4.69, 9.17) is 9.47 Å². The molecule has 1 amide bonds. The average molecular weight is 412 g/mol. The largest absolute Gasteiger partial charge is 0.872 e. The van der Waals surface area contributed by atoms with Crippen LogP contribution in [0.4, 0.5) is 5.69 Å². The second kappa shape index (κ2) is 8.02. The predicted octanol–water partition coefficient (Wildman–Crippen LogP) is 2.56. The molecular weight excluding hydrogens is 390 g/mol. The fraction of sp³-hybridized carbons (Fsp3) is 0.333. The molecule has 0 fully saturated rings. The number of fused-ring (bicyclic) bond motifs is 1. The van der Waals surface area contributed by atoms with Crippen molar-refractivity contribution in [3.63, 3.8) is 0 Å². The Bertz CT molecular complexity index is 1030. The summed E-state index contributed by atoms with van der Waals surface area (Å²) in [7, 11) is 0. The molecule has 0 radical (unpaired) electrons. The molecule has 1 atom stereocenters. The molecule has 0 spiro atoms. The molecule has 9 nitrogen and oxygen atoms in total. The molecule has 1 heterocycles. The van der Waals surface area contributed by atoms with Gasteiger partial charge in [-0.3, -0.25) is 14.9 Å². The summed E-state index contributed by atoms with van der Waals surface area (Å²) in [6, 6.07) is 7.90. The average Bonchev–Trinajstić information content (AvgIpc) is 2.69. The van der Waals surface area contributed by atoms with Gasteiger partial charge >= 0.3 is 0 Å². The Morgan fingerprint density at radius 2 is 2.00 bits per heavy atom. The summed E-state index contributed by atoms with van der Waals surface area (Å²) in [5.41, 5.74) is 3.22. The first-order valence-electron chi connectivity index (χ1n) is 9.29. The van der Waals surface area contributed by atoms with Gasteiger partial charge in [-0.25, -0.2) is 5.43 Å². The smallest absolute Gasteiger partial charge is 0.284 e. The summed E-state index contributed by atoms with van der Waals surface area (Å²) in [6.07, 6.45) is 0.152. The molecule has 0 unspecified atom stereocenters. The topological polar surface area (TPSA) is 126 Å². The second-order valence-electron chi connectivity index (χ2n) is 8.00. The number of benzene rings is 2. The van der Waals surface area contributed by atoms with Crippen LogP contribution in [0.15, 0.2) is 35.4 Å². The molecule has 2 aromatic rings. The highest BCUT2D eigenvalue weighted by molar-refractivity contribution is 5.87. The van der Waals surface area contributed by atoms with Gasteiger partial charge in [-0.05, 0) is 35.6 Å². The first-order valence-corrected chi connectivity index (χ1v) is 9.29. The number of non-ortho nitro benzene ring substituents is 1. The highest BCUT2D eigenvalue weighted by atomic mass is 16.6. The number of nitrogens with zero attached hydrogens (tertiary/aromatic N) is 2. The van der Waals surface area contributed by atoms with Crippen LogP contribution in [-0.2, 0) is 10.2 Å². The molecule has 0 saturated carbocycles. The van der Waals surface area contributed by atoms with Gasteiger partial charge in [0.15, 0.2) is 11.5 Å². The molecule has 1 N–H and O–H groups in total. The van der Waals surface area contributed by atoms with Crippen molar-refractivity contribution in [2.45, 2.75) is 39.2 Å². The lowest BCUT2D eigenvalue weighted by Gasteiger charge is -2.27. The van der Waals surface area contributed by atoms with Crippen molar-refractivity contribution >= 4 is 17.8 Å². The molecule has 3 rings (SSSR count). The summed E-state index contributed by atoms with van der Waals surface area (Å²) in [6.45, 7) is 7.68. The van der Waals surface area contributed by atoms with Crippen LogP contribution < -0.4 is 20.0 Å². The molecule has 0 aliphatic carbocycles. The Hall–Kier alpha value is -3.62. The van der Waals surface area contributed by atoms with Gasteiger partial charge in [-0.1, -0.05) is 38.2 Å². The predicted molar refractivity (Wildman–Crippen MR) is 108 cm³/mol. The van der Waals surface area contributed by atoms with Crippen LogP contribution in [-0.4, -0.2) is 29.8 Å². The molecule has 9 heteroatoms. The van der Waals surface area contributed by atoms with Crippen molar-refractivity contribution in [3.05, 3.63) is 57.1 Å². The van der Waals surface area contributed by atoms with Crippen LogP contribution in [0.5, 0.6) is 17.2 Å². The van der Waals surface area contributed by atoms with Crippen LogP contribution in [0.2, 0.25) is 0 Å². The molecule has 1 aliphatic heterocycles. The van der Waals surface area contributed by atoms with E-state index in [0.717, 1.165) is 17.8 Å². The third-order valence-electron chi connectivity index (χ3n) is 4.64. The second-order valence-corrected chi connectivity index (χ2v) is 8.00. The number of aryl methyl sites for hydroxylation is 1. The summed E-state index contributed by atoms with van der Waals surface area (Å²) in [5.74, 6) is 0.0553. The number of nitro benzene ring substituents is 1. The lowest BCUT2D eigenvalue weighted by Crippen LogP contribution is -2.42. The van der Waals surface area contributed by atoms with Crippen molar-refractivity contribution in [1.29, 1.82) is 0 Å². The maximum atomic E-state index is 12.4. The first-order chi connectivity index (χ1) is 14.1. The molecule has 158 valence electrons. The van der Waals surface area contributed by atoms with E-state index < -0.39 is 22.7 Å². The Labute approximate surface area is 173 Å². The van der Waals surface area contributed by atoms with E-state index in [1.54, 1.807) is 0 Å². The van der Waals surface area contributed by atoms with E-state index in [1.807, 2.05) is 18.2 Å². The van der Waals surface area contributed by atoms with Crippen molar-refractivity contribution < 1.29 is 24.3 Å². The number of hydrogen-bond donors (Lipinski definition) is 1. The number of amides is 1. The molecule has 1 aliphatic rings. The van der Waals surface area contributed by atoms with Crippen molar-refractivity contribution in [3.8, 4) is 17.2 Å². The van der Waals surface area contributed by atoms with Gasteiger partial charge in [0.1, 0.15) is 6.61 Å². The highest BCUT2D eigenvalue weighted by Crippen LogP contribution is 2.36. The molecule has 0 saturated heterocycles. The van der Waals surface area contributed by atoms with Crippen molar-refractivity contribution in [2.24, 2.45) is 5.10 Å². The third kappa shape index (κ3) is 4.51. The van der Waals surface area contributed by atoms with Gasteiger partial charge in [0, 0.05) is 12.1 Å². The van der Waals surface area contributed by atoms with E-state index in [2.05, 4.69) is 31.3 Å².